The molecule has 0 saturated heterocycles. The van der Waals surface area contributed by atoms with Crippen molar-refractivity contribution in [3.63, 3.8) is 0 Å². The predicted molar refractivity (Wildman–Crippen MR) is 74.9 cm³/mol. The van der Waals surface area contributed by atoms with Crippen molar-refractivity contribution in [2.24, 2.45) is 0 Å². The van der Waals surface area contributed by atoms with Crippen molar-refractivity contribution in [1.29, 1.82) is 0 Å². The van der Waals surface area contributed by atoms with Gasteiger partial charge in [-0.2, -0.15) is 0 Å². The molecule has 1 rings (SSSR count). The van der Waals surface area contributed by atoms with Crippen LogP contribution in [0.1, 0.15) is 45.6 Å². The van der Waals surface area contributed by atoms with Gasteiger partial charge in [0.05, 0.1) is 0 Å². The van der Waals surface area contributed by atoms with Crippen molar-refractivity contribution in [2.75, 3.05) is 11.9 Å². The van der Waals surface area contributed by atoms with Gasteiger partial charge in [-0.25, -0.2) is 0 Å². The molecule has 0 saturated carbocycles. The average Bonchev–Trinajstić information content (AvgIpc) is 2.35. The number of benzene rings is 1. The molecule has 1 atom stereocenters. The molecule has 0 aromatic heterocycles. The monoisotopic (exact) mass is 249 g/mol. The molecule has 3 heteroatoms. The van der Waals surface area contributed by atoms with E-state index in [0.717, 1.165) is 12.1 Å². The Labute approximate surface area is 109 Å². The molecule has 3 nitrogen and oxygen atoms in total. The molecular weight excluding hydrogens is 226 g/mol. The van der Waals surface area contributed by atoms with E-state index in [1.807, 2.05) is 24.3 Å². The molecular formula is C15H23NO2. The average molecular weight is 249 g/mol. The molecule has 0 heterocycles. The fraction of sp³-hybridized carbons (Fsp3) is 0.533. The maximum atomic E-state index is 11.9. The Morgan fingerprint density at radius 2 is 1.83 bits per heavy atom. The Bertz CT molecular complexity index is 403. The molecule has 18 heavy (non-hydrogen) atoms. The highest BCUT2D eigenvalue weighted by Gasteiger charge is 2.27. The fourth-order valence-electron chi connectivity index (χ4n) is 1.79. The zero-order chi connectivity index (χ0) is 13.9. The van der Waals surface area contributed by atoms with Crippen molar-refractivity contribution in [3.05, 3.63) is 29.8 Å². The van der Waals surface area contributed by atoms with Gasteiger partial charge >= 0.3 is 0 Å². The van der Waals surface area contributed by atoms with Gasteiger partial charge in [0, 0.05) is 12.7 Å². The maximum Gasteiger partial charge on any atom is 0.258 e. The minimum atomic E-state index is -1.34. The van der Waals surface area contributed by atoms with Crippen LogP contribution in [0.5, 0.6) is 0 Å². The van der Waals surface area contributed by atoms with Gasteiger partial charge in [-0.3, -0.25) is 4.79 Å². The van der Waals surface area contributed by atoms with Gasteiger partial charge < -0.3 is 10.0 Å². The lowest BCUT2D eigenvalue weighted by molar-refractivity contribution is -0.133. The summed E-state index contributed by atoms with van der Waals surface area (Å²) in [5.74, 6) is 0.216. The molecule has 0 radical (unpaired) electrons. The summed E-state index contributed by atoms with van der Waals surface area (Å²) >= 11 is 0. The molecule has 1 aromatic carbocycles. The van der Waals surface area contributed by atoms with E-state index in [4.69, 9.17) is 0 Å². The summed E-state index contributed by atoms with van der Waals surface area (Å²) in [6.45, 7) is 7.34. The summed E-state index contributed by atoms with van der Waals surface area (Å²) in [7, 11) is 1.68. The summed E-state index contributed by atoms with van der Waals surface area (Å²) in [6.07, 6.45) is 1.10. The Morgan fingerprint density at radius 3 is 2.22 bits per heavy atom. The Hall–Kier alpha value is -1.35. The van der Waals surface area contributed by atoms with Gasteiger partial charge in [0.15, 0.2) is 0 Å². The number of aliphatic hydroxyl groups is 1. The van der Waals surface area contributed by atoms with Crippen LogP contribution in [0.15, 0.2) is 24.3 Å². The van der Waals surface area contributed by atoms with Crippen LogP contribution >= 0.6 is 0 Å². The lowest BCUT2D eigenvalue weighted by Gasteiger charge is -2.25. The Kier molecular flexibility index (Phi) is 4.52. The summed E-state index contributed by atoms with van der Waals surface area (Å²) in [4.78, 5) is 13.4. The molecule has 0 aliphatic rings. The van der Waals surface area contributed by atoms with Crippen LogP contribution in [-0.4, -0.2) is 23.7 Å². The maximum absolute atomic E-state index is 11.9. The lowest BCUT2D eigenvalue weighted by atomic mass is 9.98. The number of anilines is 1. The van der Waals surface area contributed by atoms with E-state index in [2.05, 4.69) is 13.8 Å². The molecule has 0 aliphatic carbocycles. The second-order valence-electron chi connectivity index (χ2n) is 5.32. The molecule has 1 unspecified atom stereocenters. The molecule has 0 spiro atoms. The fourth-order valence-corrected chi connectivity index (χ4v) is 1.79. The van der Waals surface area contributed by atoms with Crippen LogP contribution < -0.4 is 4.90 Å². The highest BCUT2D eigenvalue weighted by molar-refractivity contribution is 5.98. The molecule has 1 amide bonds. The van der Waals surface area contributed by atoms with E-state index >= 15 is 0 Å². The third-order valence-corrected chi connectivity index (χ3v) is 3.29. The number of carbonyl (C=O) groups is 1. The van der Waals surface area contributed by atoms with Crippen molar-refractivity contribution >= 4 is 11.6 Å². The van der Waals surface area contributed by atoms with Gasteiger partial charge in [0.25, 0.3) is 5.91 Å². The van der Waals surface area contributed by atoms with E-state index in [1.54, 1.807) is 7.05 Å². The van der Waals surface area contributed by atoms with Gasteiger partial charge in [-0.05, 0) is 43.9 Å². The van der Waals surface area contributed by atoms with E-state index in [-0.39, 0.29) is 5.91 Å². The molecule has 1 N–H and O–H groups in total. The summed E-state index contributed by atoms with van der Waals surface area (Å²) in [6, 6.07) is 7.92. The number of carbonyl (C=O) groups excluding carboxylic acids is 1. The first-order chi connectivity index (χ1) is 8.27. The molecule has 100 valence electrons. The zero-order valence-corrected chi connectivity index (χ0v) is 11.9. The summed E-state index contributed by atoms with van der Waals surface area (Å²) in [5, 5.41) is 9.71. The topological polar surface area (TPSA) is 40.5 Å². The van der Waals surface area contributed by atoms with Crippen LogP contribution in [0.25, 0.3) is 0 Å². The third-order valence-electron chi connectivity index (χ3n) is 3.29. The van der Waals surface area contributed by atoms with Crippen LogP contribution in [0.3, 0.4) is 0 Å². The highest BCUT2D eigenvalue weighted by Crippen LogP contribution is 2.23. The third kappa shape index (κ3) is 3.33. The summed E-state index contributed by atoms with van der Waals surface area (Å²) in [5.41, 5.74) is 0.726. The number of hydrogen-bond acceptors (Lipinski definition) is 2. The quantitative estimate of drug-likeness (QED) is 0.891. The van der Waals surface area contributed by atoms with E-state index < -0.39 is 5.60 Å². The lowest BCUT2D eigenvalue weighted by Crippen LogP contribution is -2.43. The highest BCUT2D eigenvalue weighted by atomic mass is 16.3. The molecule has 1 aromatic rings. The first-order valence-electron chi connectivity index (χ1n) is 6.37. The number of amides is 1. The second-order valence-corrected chi connectivity index (χ2v) is 5.32. The Morgan fingerprint density at radius 1 is 1.33 bits per heavy atom. The van der Waals surface area contributed by atoms with Crippen LogP contribution in [0.4, 0.5) is 5.69 Å². The van der Waals surface area contributed by atoms with E-state index in [1.165, 1.54) is 24.3 Å². The number of rotatable bonds is 4. The van der Waals surface area contributed by atoms with Gasteiger partial charge in [-0.1, -0.05) is 26.0 Å². The van der Waals surface area contributed by atoms with E-state index in [0.29, 0.717) is 5.92 Å². The SMILES string of the molecule is CCC(C)c1ccc(N(C)C(=O)C(C)(C)O)cc1. The first kappa shape index (κ1) is 14.7. The first-order valence-corrected chi connectivity index (χ1v) is 6.37. The molecule has 0 bridgehead atoms. The molecule has 0 fully saturated rings. The van der Waals surface area contributed by atoms with Gasteiger partial charge in [0.2, 0.25) is 0 Å². The largest absolute Gasteiger partial charge is 0.381 e. The minimum absolute atomic E-state index is 0.307. The minimum Gasteiger partial charge on any atom is -0.381 e. The predicted octanol–water partition coefficient (Wildman–Crippen LogP) is 2.93. The van der Waals surface area contributed by atoms with Gasteiger partial charge in [0.1, 0.15) is 5.60 Å². The zero-order valence-electron chi connectivity index (χ0n) is 11.9. The van der Waals surface area contributed by atoms with Crippen molar-refractivity contribution in [3.8, 4) is 0 Å². The van der Waals surface area contributed by atoms with Crippen molar-refractivity contribution in [1.82, 2.24) is 0 Å². The number of likely N-dealkylation sites (N-methyl/N-ethyl adjacent to an activating group) is 1. The normalized spacial score (nSPS) is 13.2. The standard InChI is InChI=1S/C15H23NO2/c1-6-11(2)12-7-9-13(10-8-12)16(5)14(17)15(3,4)18/h7-11,18H,6H2,1-5H3. The smallest absolute Gasteiger partial charge is 0.258 e. The van der Waals surface area contributed by atoms with Crippen LogP contribution in [0, 0.1) is 0 Å². The van der Waals surface area contributed by atoms with Crippen molar-refractivity contribution in [2.45, 2.75) is 45.6 Å². The Balaban J connectivity index is 2.89. The summed E-state index contributed by atoms with van der Waals surface area (Å²) < 4.78 is 0. The van der Waals surface area contributed by atoms with Gasteiger partial charge in [-0.15, -0.1) is 0 Å². The van der Waals surface area contributed by atoms with E-state index in [9.17, 15) is 9.90 Å². The number of nitrogens with zero attached hydrogens (tertiary/aromatic N) is 1. The number of hydrogen-bond donors (Lipinski definition) is 1. The van der Waals surface area contributed by atoms with Crippen molar-refractivity contribution < 1.29 is 9.90 Å². The van der Waals surface area contributed by atoms with Crippen LogP contribution in [0.2, 0.25) is 0 Å². The second kappa shape index (κ2) is 5.53. The van der Waals surface area contributed by atoms with Crippen LogP contribution in [-0.2, 0) is 4.79 Å². The molecule has 0 aliphatic heterocycles.